The molecule has 0 aliphatic carbocycles. The zero-order chi connectivity index (χ0) is 17.8. The first-order chi connectivity index (χ1) is 12.1. The average molecular weight is 444 g/mol. The van der Waals surface area contributed by atoms with Gasteiger partial charge in [0.1, 0.15) is 11.3 Å². The van der Waals surface area contributed by atoms with Gasteiger partial charge in [0.15, 0.2) is 0 Å². The molecule has 0 aromatic heterocycles. The molecule has 3 aromatic rings. The van der Waals surface area contributed by atoms with Crippen LogP contribution >= 0.6 is 22.6 Å². The van der Waals surface area contributed by atoms with Crippen LogP contribution in [0.5, 0.6) is 5.75 Å². The zero-order valence-corrected chi connectivity index (χ0v) is 15.1. The summed E-state index contributed by atoms with van der Waals surface area (Å²) >= 11 is 1.86. The van der Waals surface area contributed by atoms with E-state index in [1.165, 1.54) is 6.07 Å². The predicted molar refractivity (Wildman–Crippen MR) is 104 cm³/mol. The van der Waals surface area contributed by atoms with Gasteiger partial charge in [-0.05, 0) is 46.4 Å². The number of aromatic hydroxyl groups is 1. The van der Waals surface area contributed by atoms with Gasteiger partial charge in [0.25, 0.3) is 0 Å². The molecule has 3 aromatic carbocycles. The Balaban J connectivity index is 2.00. The van der Waals surface area contributed by atoms with Crippen LogP contribution in [0.1, 0.15) is 10.4 Å². The number of carboxylic acid groups (broad SMARTS) is 1. The third-order valence-corrected chi connectivity index (χ3v) is 4.36. The molecular formula is C19H13IN2O3. The molecule has 0 saturated heterocycles. The number of azo groups is 1. The Morgan fingerprint density at radius 1 is 0.920 bits per heavy atom. The highest BCUT2D eigenvalue weighted by molar-refractivity contribution is 14.1. The molecule has 0 saturated carbocycles. The molecule has 0 heterocycles. The van der Waals surface area contributed by atoms with Gasteiger partial charge < -0.3 is 10.2 Å². The van der Waals surface area contributed by atoms with Crippen LogP contribution in [0.4, 0.5) is 11.4 Å². The molecule has 0 atom stereocenters. The molecular weight excluding hydrogens is 431 g/mol. The zero-order valence-electron chi connectivity index (χ0n) is 12.9. The standard InChI is InChI=1S/C19H13IN2O3/c20-16-11-13(10-15(18(16)23)19(24)25)21-22-17-9-5-4-8-14(17)12-6-2-1-3-7-12/h1-11,23H,(H,24,25). The lowest BCUT2D eigenvalue weighted by Crippen LogP contribution is -1.97. The number of carboxylic acids is 1. The molecule has 0 aliphatic heterocycles. The first-order valence-corrected chi connectivity index (χ1v) is 8.46. The first-order valence-electron chi connectivity index (χ1n) is 7.38. The molecule has 3 rings (SSSR count). The van der Waals surface area contributed by atoms with Gasteiger partial charge in [-0.25, -0.2) is 4.79 Å². The summed E-state index contributed by atoms with van der Waals surface area (Å²) in [6, 6.07) is 20.3. The van der Waals surface area contributed by atoms with E-state index in [0.29, 0.717) is 14.9 Å². The summed E-state index contributed by atoms with van der Waals surface area (Å²) in [6.07, 6.45) is 0. The van der Waals surface area contributed by atoms with Crippen LogP contribution in [0.25, 0.3) is 11.1 Å². The van der Waals surface area contributed by atoms with E-state index in [-0.39, 0.29) is 11.3 Å². The van der Waals surface area contributed by atoms with Crippen molar-refractivity contribution in [1.29, 1.82) is 0 Å². The van der Waals surface area contributed by atoms with Gasteiger partial charge in [-0.3, -0.25) is 0 Å². The highest BCUT2D eigenvalue weighted by Crippen LogP contribution is 2.33. The first kappa shape index (κ1) is 17.1. The number of halogens is 1. The lowest BCUT2D eigenvalue weighted by atomic mass is 10.0. The topological polar surface area (TPSA) is 82.2 Å². The van der Waals surface area contributed by atoms with Crippen LogP contribution in [0, 0.1) is 3.57 Å². The minimum atomic E-state index is -1.21. The van der Waals surface area contributed by atoms with Gasteiger partial charge in [0.2, 0.25) is 0 Å². The van der Waals surface area contributed by atoms with E-state index in [1.807, 2.05) is 77.2 Å². The number of aromatic carboxylic acids is 1. The van der Waals surface area contributed by atoms with E-state index >= 15 is 0 Å². The summed E-state index contributed by atoms with van der Waals surface area (Å²) in [6.45, 7) is 0. The molecule has 5 nitrogen and oxygen atoms in total. The minimum Gasteiger partial charge on any atom is -0.506 e. The monoisotopic (exact) mass is 444 g/mol. The van der Waals surface area contributed by atoms with Gasteiger partial charge in [-0.15, -0.1) is 5.11 Å². The maximum Gasteiger partial charge on any atom is 0.339 e. The molecule has 0 amide bonds. The van der Waals surface area contributed by atoms with Crippen molar-refractivity contribution in [2.75, 3.05) is 0 Å². The van der Waals surface area contributed by atoms with Crippen LogP contribution in [0.2, 0.25) is 0 Å². The van der Waals surface area contributed by atoms with Crippen molar-refractivity contribution in [2.24, 2.45) is 10.2 Å². The van der Waals surface area contributed by atoms with Gasteiger partial charge in [0.05, 0.1) is 14.9 Å². The fourth-order valence-corrected chi connectivity index (χ4v) is 2.95. The third kappa shape index (κ3) is 3.85. The van der Waals surface area contributed by atoms with E-state index in [0.717, 1.165) is 11.1 Å². The lowest BCUT2D eigenvalue weighted by molar-refractivity contribution is 0.0693. The summed E-state index contributed by atoms with van der Waals surface area (Å²) in [5.74, 6) is -1.48. The second-order valence-corrected chi connectivity index (χ2v) is 6.37. The average Bonchev–Trinajstić information content (AvgIpc) is 2.63. The number of phenols is 1. The van der Waals surface area contributed by atoms with Crippen molar-refractivity contribution in [3.8, 4) is 16.9 Å². The minimum absolute atomic E-state index is 0.197. The Kier molecular flexibility index (Phi) is 5.08. The maximum atomic E-state index is 11.2. The van der Waals surface area contributed by atoms with E-state index in [9.17, 15) is 9.90 Å². The second-order valence-electron chi connectivity index (χ2n) is 5.21. The summed E-state index contributed by atoms with van der Waals surface area (Å²) in [7, 11) is 0. The highest BCUT2D eigenvalue weighted by Gasteiger charge is 2.14. The predicted octanol–water partition coefficient (Wildman–Crippen LogP) is 5.78. The fourth-order valence-electron chi connectivity index (χ4n) is 2.34. The molecule has 124 valence electrons. The molecule has 0 spiro atoms. The second kappa shape index (κ2) is 7.43. The van der Waals surface area contributed by atoms with Crippen LogP contribution in [-0.4, -0.2) is 16.2 Å². The number of rotatable bonds is 4. The number of hydrogen-bond acceptors (Lipinski definition) is 4. The molecule has 0 unspecified atom stereocenters. The van der Waals surface area contributed by atoms with E-state index in [4.69, 9.17) is 5.11 Å². The smallest absolute Gasteiger partial charge is 0.339 e. The SMILES string of the molecule is O=C(O)c1cc(N=Nc2ccccc2-c2ccccc2)cc(I)c1O. The van der Waals surface area contributed by atoms with E-state index < -0.39 is 5.97 Å². The van der Waals surface area contributed by atoms with Crippen LogP contribution in [0.15, 0.2) is 77.0 Å². The van der Waals surface area contributed by atoms with Crippen molar-refractivity contribution >= 4 is 39.9 Å². The van der Waals surface area contributed by atoms with Crippen LogP contribution in [-0.2, 0) is 0 Å². The lowest BCUT2D eigenvalue weighted by Gasteiger charge is -2.05. The number of benzene rings is 3. The summed E-state index contributed by atoms with van der Waals surface area (Å²) in [4.78, 5) is 11.2. The molecule has 0 aliphatic rings. The van der Waals surface area contributed by atoms with Gasteiger partial charge in [-0.2, -0.15) is 5.11 Å². The number of hydrogen-bond donors (Lipinski definition) is 2. The van der Waals surface area contributed by atoms with E-state index in [1.54, 1.807) is 6.07 Å². The Bertz CT molecular complexity index is 956. The molecule has 2 N–H and O–H groups in total. The number of nitrogens with zero attached hydrogens (tertiary/aromatic N) is 2. The number of carbonyl (C=O) groups is 1. The Morgan fingerprint density at radius 2 is 1.60 bits per heavy atom. The Hall–Kier alpha value is -2.74. The highest BCUT2D eigenvalue weighted by atomic mass is 127. The molecule has 25 heavy (non-hydrogen) atoms. The van der Waals surface area contributed by atoms with Crippen molar-refractivity contribution in [3.63, 3.8) is 0 Å². The van der Waals surface area contributed by atoms with Crippen LogP contribution < -0.4 is 0 Å². The third-order valence-electron chi connectivity index (χ3n) is 3.54. The molecule has 0 fully saturated rings. The van der Waals surface area contributed by atoms with Crippen molar-refractivity contribution < 1.29 is 15.0 Å². The molecule has 0 bridgehead atoms. The maximum absolute atomic E-state index is 11.2. The largest absolute Gasteiger partial charge is 0.506 e. The van der Waals surface area contributed by atoms with Crippen molar-refractivity contribution in [3.05, 3.63) is 75.9 Å². The van der Waals surface area contributed by atoms with Crippen molar-refractivity contribution in [1.82, 2.24) is 0 Å². The summed E-state index contributed by atoms with van der Waals surface area (Å²) < 4.78 is 0.405. The quantitative estimate of drug-likeness (QED) is 0.396. The van der Waals surface area contributed by atoms with Crippen molar-refractivity contribution in [2.45, 2.75) is 0 Å². The Labute approximate surface area is 157 Å². The normalized spacial score (nSPS) is 10.9. The van der Waals surface area contributed by atoms with E-state index in [2.05, 4.69) is 10.2 Å². The Morgan fingerprint density at radius 3 is 2.32 bits per heavy atom. The van der Waals surface area contributed by atoms with Gasteiger partial charge in [0, 0.05) is 5.56 Å². The molecule has 6 heteroatoms. The fraction of sp³-hybridized carbons (Fsp3) is 0. The van der Waals surface area contributed by atoms with Crippen LogP contribution in [0.3, 0.4) is 0 Å². The van der Waals surface area contributed by atoms with Gasteiger partial charge >= 0.3 is 5.97 Å². The summed E-state index contributed by atoms with van der Waals surface area (Å²) in [5, 5.41) is 27.4. The molecule has 0 radical (unpaired) electrons. The van der Waals surface area contributed by atoms with Gasteiger partial charge in [-0.1, -0.05) is 48.5 Å². The summed E-state index contributed by atoms with van der Waals surface area (Å²) in [5.41, 5.74) is 2.79.